The average molecular weight is 458 g/mol. The van der Waals surface area contributed by atoms with Crippen molar-refractivity contribution in [3.05, 3.63) is 44.6 Å². The van der Waals surface area contributed by atoms with Gasteiger partial charge < -0.3 is 9.72 Å². The number of pyridine rings is 1. The molecule has 4 heterocycles. The lowest BCUT2D eigenvalue weighted by molar-refractivity contribution is -0.151. The first-order chi connectivity index (χ1) is 15.0. The number of H-pyrrole nitrogens is 1. The zero-order chi connectivity index (χ0) is 21.4. The summed E-state index contributed by atoms with van der Waals surface area (Å²) < 4.78 is 4.68. The highest BCUT2D eigenvalue weighted by molar-refractivity contribution is 8.00. The second-order valence-electron chi connectivity index (χ2n) is 8.59. The highest BCUT2D eigenvalue weighted by atomic mass is 32.2. The van der Waals surface area contributed by atoms with Crippen molar-refractivity contribution in [1.82, 2.24) is 14.9 Å². The lowest BCUT2D eigenvalue weighted by Gasteiger charge is -2.42. The molecule has 7 atom stereocenters. The Morgan fingerprint density at radius 2 is 2.03 bits per heavy atom. The van der Waals surface area contributed by atoms with E-state index in [1.54, 1.807) is 18.0 Å². The molecule has 2 aromatic rings. The lowest BCUT2D eigenvalue weighted by Crippen LogP contribution is -2.42. The van der Waals surface area contributed by atoms with E-state index in [4.69, 9.17) is 0 Å². The van der Waals surface area contributed by atoms with Crippen LogP contribution in [0.25, 0.3) is 0 Å². The number of esters is 1. The fourth-order valence-corrected chi connectivity index (χ4v) is 9.25. The van der Waals surface area contributed by atoms with Crippen molar-refractivity contribution in [3.63, 3.8) is 0 Å². The number of amides is 2. The average Bonchev–Trinajstić information content (AvgIpc) is 3.49. The molecule has 2 aromatic heterocycles. The highest BCUT2D eigenvalue weighted by Gasteiger charge is 2.69. The number of methoxy groups -OCH3 is 1. The van der Waals surface area contributed by atoms with E-state index in [2.05, 4.69) is 14.7 Å². The number of hydrogen-bond acceptors (Lipinski definition) is 8. The third kappa shape index (κ3) is 2.57. The topological polar surface area (TPSA) is 109 Å². The summed E-state index contributed by atoms with van der Waals surface area (Å²) in [5, 5.41) is 1.00. The summed E-state index contributed by atoms with van der Waals surface area (Å²) in [6, 6.07) is 3.91. The molecule has 0 aromatic carbocycles. The zero-order valence-electron chi connectivity index (χ0n) is 16.5. The number of nitrogens with one attached hydrogen (secondary N) is 1. The monoisotopic (exact) mass is 457 g/mol. The molecular formula is C21H19N3O5S2. The number of hydrogen-bond donors (Lipinski definition) is 1. The van der Waals surface area contributed by atoms with Crippen molar-refractivity contribution in [1.29, 1.82) is 0 Å². The van der Waals surface area contributed by atoms with Crippen LogP contribution in [0.5, 0.6) is 0 Å². The van der Waals surface area contributed by atoms with Crippen LogP contribution < -0.4 is 4.87 Å². The van der Waals surface area contributed by atoms with Crippen LogP contribution in [0, 0.1) is 29.6 Å². The van der Waals surface area contributed by atoms with Gasteiger partial charge in [0.15, 0.2) is 0 Å². The molecule has 1 saturated heterocycles. The van der Waals surface area contributed by atoms with Gasteiger partial charge in [-0.3, -0.25) is 29.1 Å². The summed E-state index contributed by atoms with van der Waals surface area (Å²) in [5.41, 5.74) is 1.03. The molecule has 10 heteroatoms. The van der Waals surface area contributed by atoms with Crippen LogP contribution in [-0.2, 0) is 19.1 Å². The van der Waals surface area contributed by atoms with Crippen LogP contribution in [0.15, 0.2) is 34.3 Å². The van der Waals surface area contributed by atoms with Gasteiger partial charge in [0.2, 0.25) is 11.8 Å². The second kappa shape index (κ2) is 6.77. The van der Waals surface area contributed by atoms with E-state index in [1.165, 1.54) is 18.4 Å². The lowest BCUT2D eigenvalue weighted by atomic mass is 9.68. The standard InChI is InChI=1S/C21H19N3O5S2/c1-29-11(25)7-24-19(26)14-9-5-10(15(14)20(24)27)16-13(9)12(8-3-2-4-22-6-8)17-18(30-16)23-21(28)31-17/h2-4,6,9-10,12-16H,5,7H2,1H3,(H,23,28)/t9-,10+,12-,13+,14+,15+,16-/m1/s1. The molecule has 2 aliphatic heterocycles. The van der Waals surface area contributed by atoms with E-state index in [-0.39, 0.29) is 52.2 Å². The summed E-state index contributed by atoms with van der Waals surface area (Å²) in [7, 11) is 1.25. The van der Waals surface area contributed by atoms with Gasteiger partial charge in [0, 0.05) is 28.4 Å². The van der Waals surface area contributed by atoms with Crippen molar-refractivity contribution >= 4 is 40.9 Å². The van der Waals surface area contributed by atoms with Gasteiger partial charge in [-0.1, -0.05) is 17.4 Å². The Hall–Kier alpha value is -2.46. The first kappa shape index (κ1) is 19.2. The predicted molar refractivity (Wildman–Crippen MR) is 111 cm³/mol. The number of ether oxygens (including phenoxy) is 1. The molecule has 1 N–H and O–H groups in total. The van der Waals surface area contributed by atoms with Gasteiger partial charge in [0.05, 0.1) is 24.0 Å². The zero-order valence-corrected chi connectivity index (χ0v) is 18.2. The second-order valence-corrected chi connectivity index (χ2v) is 10.8. The van der Waals surface area contributed by atoms with Crippen LogP contribution in [-0.4, -0.2) is 51.6 Å². The minimum Gasteiger partial charge on any atom is -0.468 e. The Morgan fingerprint density at radius 1 is 1.26 bits per heavy atom. The van der Waals surface area contributed by atoms with Crippen LogP contribution in [0.3, 0.4) is 0 Å². The van der Waals surface area contributed by atoms with Gasteiger partial charge in [-0.05, 0) is 35.8 Å². The molecule has 8 nitrogen and oxygen atoms in total. The SMILES string of the molecule is COC(=O)CN1C(=O)[C@H]2[C@@H]3C[C@@H]([C@@H]2C1=O)[C@H]1[C@@H](c2cccnc2)c2sc(=O)[nH]c2S[C@H]31. The summed E-state index contributed by atoms with van der Waals surface area (Å²) >= 11 is 2.87. The molecule has 160 valence electrons. The van der Waals surface area contributed by atoms with Gasteiger partial charge in [0.25, 0.3) is 0 Å². The van der Waals surface area contributed by atoms with E-state index >= 15 is 0 Å². The Bertz CT molecular complexity index is 1160. The molecule has 0 unspecified atom stereocenters. The Morgan fingerprint density at radius 3 is 2.74 bits per heavy atom. The molecule has 0 spiro atoms. The largest absolute Gasteiger partial charge is 0.468 e. The number of fused-ring (bicyclic) bond motifs is 9. The first-order valence-corrected chi connectivity index (χ1v) is 11.9. The van der Waals surface area contributed by atoms with E-state index in [0.717, 1.165) is 26.8 Å². The van der Waals surface area contributed by atoms with Crippen LogP contribution in [0.2, 0.25) is 0 Å². The van der Waals surface area contributed by atoms with Gasteiger partial charge in [-0.2, -0.15) is 0 Å². The predicted octanol–water partition coefficient (Wildman–Crippen LogP) is 1.48. The maximum atomic E-state index is 13.2. The molecule has 2 aliphatic carbocycles. The fourth-order valence-electron chi connectivity index (χ4n) is 6.36. The van der Waals surface area contributed by atoms with Gasteiger partial charge in [-0.25, -0.2) is 0 Å². The number of aromatic nitrogens is 2. The number of imide groups is 1. The van der Waals surface area contributed by atoms with Crippen molar-refractivity contribution < 1.29 is 19.1 Å². The fraction of sp³-hybridized carbons (Fsp3) is 0.476. The van der Waals surface area contributed by atoms with Gasteiger partial charge >= 0.3 is 10.8 Å². The molecular weight excluding hydrogens is 438 g/mol. The van der Waals surface area contributed by atoms with E-state index in [9.17, 15) is 19.2 Å². The van der Waals surface area contributed by atoms with Crippen molar-refractivity contribution in [2.45, 2.75) is 22.6 Å². The summed E-state index contributed by atoms with van der Waals surface area (Å²) in [4.78, 5) is 59.6. The van der Waals surface area contributed by atoms with Crippen molar-refractivity contribution in [2.24, 2.45) is 29.6 Å². The molecule has 2 amide bonds. The van der Waals surface area contributed by atoms with Gasteiger partial charge in [-0.15, -0.1) is 11.8 Å². The first-order valence-electron chi connectivity index (χ1n) is 10.2. The quantitative estimate of drug-likeness (QED) is 0.549. The van der Waals surface area contributed by atoms with Crippen molar-refractivity contribution in [2.75, 3.05) is 13.7 Å². The minimum absolute atomic E-state index is 0.0298. The third-order valence-electron chi connectivity index (χ3n) is 7.37. The number of aromatic amines is 1. The Balaban J connectivity index is 1.43. The van der Waals surface area contributed by atoms with Crippen molar-refractivity contribution in [3.8, 4) is 0 Å². The number of carbonyl (C=O) groups excluding carboxylic acids is 3. The van der Waals surface area contributed by atoms with Gasteiger partial charge in [0.1, 0.15) is 6.54 Å². The number of likely N-dealkylation sites (tertiary alicyclic amines) is 1. The molecule has 4 aliphatic rings. The smallest absolute Gasteiger partial charge is 0.325 e. The number of rotatable bonds is 3. The Kier molecular flexibility index (Phi) is 4.20. The maximum Gasteiger partial charge on any atom is 0.325 e. The summed E-state index contributed by atoms with van der Waals surface area (Å²) in [6.45, 7) is -0.324. The van der Waals surface area contributed by atoms with E-state index in [0.29, 0.717) is 0 Å². The van der Waals surface area contributed by atoms with Crippen LogP contribution in [0.1, 0.15) is 22.8 Å². The van der Waals surface area contributed by atoms with Crippen LogP contribution in [0.4, 0.5) is 0 Å². The number of thioether (sulfide) groups is 1. The molecule has 2 saturated carbocycles. The molecule has 6 rings (SSSR count). The van der Waals surface area contributed by atoms with E-state index < -0.39 is 17.8 Å². The number of thiazole rings is 1. The number of nitrogens with zero attached hydrogens (tertiary/aromatic N) is 2. The molecule has 3 fully saturated rings. The molecule has 31 heavy (non-hydrogen) atoms. The summed E-state index contributed by atoms with van der Waals surface area (Å²) in [6.07, 6.45) is 4.37. The van der Waals surface area contributed by atoms with Crippen LogP contribution >= 0.6 is 23.1 Å². The third-order valence-corrected chi connectivity index (χ3v) is 9.96. The minimum atomic E-state index is -0.589. The molecule has 0 radical (unpaired) electrons. The Labute approximate surface area is 185 Å². The normalized spacial score (nSPS) is 35.1. The van der Waals surface area contributed by atoms with E-state index in [1.807, 2.05) is 18.3 Å². The molecule has 2 bridgehead atoms. The summed E-state index contributed by atoms with van der Waals surface area (Å²) in [5.74, 6) is -1.72. The number of carbonyl (C=O) groups is 3. The highest BCUT2D eigenvalue weighted by Crippen LogP contribution is 2.68. The maximum absolute atomic E-state index is 13.2.